The van der Waals surface area contributed by atoms with Gasteiger partial charge in [-0.15, -0.1) is 11.8 Å². The van der Waals surface area contributed by atoms with Crippen LogP contribution in [0.5, 0.6) is 0 Å². The van der Waals surface area contributed by atoms with E-state index in [0.717, 1.165) is 24.2 Å². The van der Waals surface area contributed by atoms with E-state index in [1.54, 1.807) is 17.8 Å². The van der Waals surface area contributed by atoms with Gasteiger partial charge in [0.1, 0.15) is 0 Å². The minimum atomic E-state index is -0.923. The van der Waals surface area contributed by atoms with Gasteiger partial charge in [0.2, 0.25) is 5.91 Å². The number of rotatable bonds is 6. The molecule has 0 bridgehead atoms. The number of nitrogens with zero attached hydrogens (tertiary/aromatic N) is 1. The summed E-state index contributed by atoms with van der Waals surface area (Å²) >= 11 is 7.95. The van der Waals surface area contributed by atoms with E-state index >= 15 is 0 Å². The molecule has 23 heavy (non-hydrogen) atoms. The molecule has 1 heterocycles. The second-order valence-electron chi connectivity index (χ2n) is 6.20. The van der Waals surface area contributed by atoms with E-state index in [4.69, 9.17) is 11.6 Å². The Morgan fingerprint density at radius 3 is 2.65 bits per heavy atom. The number of halogens is 1. The smallest absolute Gasteiger partial charge is 0.235 e. The van der Waals surface area contributed by atoms with Gasteiger partial charge in [-0.05, 0) is 38.0 Å². The van der Waals surface area contributed by atoms with Gasteiger partial charge in [0.15, 0.2) is 0 Å². The molecule has 5 heteroatoms. The van der Waals surface area contributed by atoms with Gasteiger partial charge in [-0.25, -0.2) is 0 Å². The van der Waals surface area contributed by atoms with Crippen molar-refractivity contribution in [1.29, 1.82) is 0 Å². The van der Waals surface area contributed by atoms with E-state index in [1.165, 1.54) is 0 Å². The maximum Gasteiger partial charge on any atom is 0.235 e. The Kier molecular flexibility index (Phi) is 6.81. The molecule has 0 aromatic heterocycles. The van der Waals surface area contributed by atoms with Crippen LogP contribution in [0.15, 0.2) is 24.3 Å². The summed E-state index contributed by atoms with van der Waals surface area (Å²) in [5.74, 6) is 1.22. The zero-order valence-corrected chi connectivity index (χ0v) is 15.5. The number of aliphatic hydroxyl groups is 1. The molecule has 0 spiro atoms. The van der Waals surface area contributed by atoms with Crippen molar-refractivity contribution in [2.24, 2.45) is 0 Å². The zero-order valence-electron chi connectivity index (χ0n) is 13.9. The SMILES string of the molecule is CCCCS[C@H](C)C(=O)N1CCC(O)(c2ccccc2Cl)CC1. The third-order valence-corrected chi connectivity index (χ3v) is 6.05. The lowest BCUT2D eigenvalue weighted by Gasteiger charge is -2.39. The highest BCUT2D eigenvalue weighted by atomic mass is 35.5. The lowest BCUT2D eigenvalue weighted by Crippen LogP contribution is -2.47. The van der Waals surface area contributed by atoms with Crippen LogP contribution < -0.4 is 0 Å². The Labute approximate surface area is 148 Å². The van der Waals surface area contributed by atoms with Crippen LogP contribution in [0.3, 0.4) is 0 Å². The van der Waals surface area contributed by atoms with Crippen molar-refractivity contribution in [3.63, 3.8) is 0 Å². The fourth-order valence-electron chi connectivity index (χ4n) is 2.94. The van der Waals surface area contributed by atoms with Gasteiger partial charge in [0.25, 0.3) is 0 Å². The maximum absolute atomic E-state index is 12.5. The molecular formula is C18H26ClNO2S. The standard InChI is InChI=1S/C18H26ClNO2S/c1-3-4-13-23-14(2)17(21)20-11-9-18(22,10-12-20)15-7-5-6-8-16(15)19/h5-8,14,22H,3-4,9-13H2,1-2H3/t14-/m1/s1. The number of amides is 1. The van der Waals surface area contributed by atoms with Crippen LogP contribution >= 0.6 is 23.4 Å². The van der Waals surface area contributed by atoms with Gasteiger partial charge < -0.3 is 10.0 Å². The molecule has 0 saturated carbocycles. The summed E-state index contributed by atoms with van der Waals surface area (Å²) in [7, 11) is 0. The summed E-state index contributed by atoms with van der Waals surface area (Å²) in [6.45, 7) is 5.31. The monoisotopic (exact) mass is 355 g/mol. The van der Waals surface area contributed by atoms with Gasteiger partial charge >= 0.3 is 0 Å². The molecular weight excluding hydrogens is 330 g/mol. The molecule has 2 rings (SSSR count). The molecule has 1 aliphatic rings. The lowest BCUT2D eigenvalue weighted by atomic mass is 9.84. The van der Waals surface area contributed by atoms with Crippen LogP contribution in [0.25, 0.3) is 0 Å². The van der Waals surface area contributed by atoms with Gasteiger partial charge in [0.05, 0.1) is 10.9 Å². The maximum atomic E-state index is 12.5. The number of unbranched alkanes of at least 4 members (excludes halogenated alkanes) is 1. The minimum absolute atomic E-state index is 0.00643. The van der Waals surface area contributed by atoms with Crippen molar-refractivity contribution in [1.82, 2.24) is 4.90 Å². The number of hydrogen-bond donors (Lipinski definition) is 1. The average Bonchev–Trinajstić information content (AvgIpc) is 2.55. The second-order valence-corrected chi connectivity index (χ2v) is 8.06. The number of piperidine rings is 1. The van der Waals surface area contributed by atoms with E-state index in [1.807, 2.05) is 30.0 Å². The predicted octanol–water partition coefficient (Wildman–Crippen LogP) is 4.07. The summed E-state index contributed by atoms with van der Waals surface area (Å²) < 4.78 is 0. The first kappa shape index (κ1) is 18.6. The van der Waals surface area contributed by atoms with Gasteiger partial charge in [-0.2, -0.15) is 0 Å². The first-order valence-corrected chi connectivity index (χ1v) is 9.78. The van der Waals surface area contributed by atoms with E-state index in [-0.39, 0.29) is 11.2 Å². The molecule has 1 N–H and O–H groups in total. The van der Waals surface area contributed by atoms with Gasteiger partial charge in [0, 0.05) is 23.7 Å². The van der Waals surface area contributed by atoms with Crippen LogP contribution in [0.2, 0.25) is 5.02 Å². The molecule has 1 aliphatic heterocycles. The number of likely N-dealkylation sites (tertiary alicyclic amines) is 1. The minimum Gasteiger partial charge on any atom is -0.385 e. The van der Waals surface area contributed by atoms with Crippen molar-refractivity contribution in [2.45, 2.75) is 50.4 Å². The van der Waals surface area contributed by atoms with Crippen molar-refractivity contribution >= 4 is 29.3 Å². The second kappa shape index (κ2) is 8.41. The van der Waals surface area contributed by atoms with Gasteiger partial charge in [-0.1, -0.05) is 43.1 Å². The van der Waals surface area contributed by atoms with Crippen LogP contribution in [0.1, 0.15) is 45.1 Å². The molecule has 1 aromatic carbocycles. The first-order chi connectivity index (χ1) is 11.0. The summed E-state index contributed by atoms with van der Waals surface area (Å²) in [5, 5.41) is 11.5. The number of benzene rings is 1. The highest BCUT2D eigenvalue weighted by Crippen LogP contribution is 2.37. The predicted molar refractivity (Wildman–Crippen MR) is 98.0 cm³/mol. The van der Waals surface area contributed by atoms with Crippen molar-refractivity contribution in [3.05, 3.63) is 34.9 Å². The molecule has 0 unspecified atom stereocenters. The molecule has 3 nitrogen and oxygen atoms in total. The Bertz CT molecular complexity index is 530. The Hall–Kier alpha value is -0.710. The molecule has 0 aliphatic carbocycles. The summed E-state index contributed by atoms with van der Waals surface area (Å²) in [5.41, 5.74) is -0.146. The number of carbonyl (C=O) groups excluding carboxylic acids is 1. The van der Waals surface area contributed by atoms with Crippen molar-refractivity contribution < 1.29 is 9.90 Å². The highest BCUT2D eigenvalue weighted by molar-refractivity contribution is 8.00. The van der Waals surface area contributed by atoms with E-state index in [9.17, 15) is 9.90 Å². The molecule has 1 saturated heterocycles. The molecule has 128 valence electrons. The van der Waals surface area contributed by atoms with Crippen molar-refractivity contribution in [3.8, 4) is 0 Å². The zero-order chi connectivity index (χ0) is 16.9. The Balaban J connectivity index is 1.93. The lowest BCUT2D eigenvalue weighted by molar-refractivity contribution is -0.134. The summed E-state index contributed by atoms with van der Waals surface area (Å²) in [6, 6.07) is 7.44. The normalized spacial score (nSPS) is 18.7. The Morgan fingerprint density at radius 2 is 2.04 bits per heavy atom. The topological polar surface area (TPSA) is 40.5 Å². The van der Waals surface area contributed by atoms with Crippen molar-refractivity contribution in [2.75, 3.05) is 18.8 Å². The fraction of sp³-hybridized carbons (Fsp3) is 0.611. The Morgan fingerprint density at radius 1 is 1.39 bits per heavy atom. The number of hydrogen-bond acceptors (Lipinski definition) is 3. The largest absolute Gasteiger partial charge is 0.385 e. The van der Waals surface area contributed by atoms with E-state index in [0.29, 0.717) is 31.0 Å². The van der Waals surface area contributed by atoms with Crippen LogP contribution in [-0.4, -0.2) is 40.0 Å². The third-order valence-electron chi connectivity index (χ3n) is 4.49. The molecule has 1 aromatic rings. The molecule has 0 radical (unpaired) electrons. The molecule has 1 atom stereocenters. The van der Waals surface area contributed by atoms with Crippen LogP contribution in [-0.2, 0) is 10.4 Å². The van der Waals surface area contributed by atoms with Crippen LogP contribution in [0.4, 0.5) is 0 Å². The van der Waals surface area contributed by atoms with E-state index < -0.39 is 5.60 Å². The first-order valence-electron chi connectivity index (χ1n) is 8.35. The van der Waals surface area contributed by atoms with E-state index in [2.05, 4.69) is 6.92 Å². The quantitative estimate of drug-likeness (QED) is 0.782. The number of carbonyl (C=O) groups is 1. The summed E-state index contributed by atoms with van der Waals surface area (Å²) in [4.78, 5) is 14.4. The fourth-order valence-corrected chi connectivity index (χ4v) is 4.35. The summed E-state index contributed by atoms with van der Waals surface area (Å²) in [6.07, 6.45) is 3.38. The highest BCUT2D eigenvalue weighted by Gasteiger charge is 2.37. The number of thioether (sulfide) groups is 1. The van der Waals surface area contributed by atoms with Gasteiger partial charge in [-0.3, -0.25) is 4.79 Å². The van der Waals surface area contributed by atoms with Crippen LogP contribution in [0, 0.1) is 0 Å². The third kappa shape index (κ3) is 4.65. The average molecular weight is 356 g/mol. The molecule has 1 amide bonds. The molecule has 1 fully saturated rings.